The summed E-state index contributed by atoms with van der Waals surface area (Å²) in [6.07, 6.45) is 0. The molecule has 1 heterocycles. The van der Waals surface area contributed by atoms with Gasteiger partial charge < -0.3 is 4.57 Å². The number of rotatable bonds is 6. The summed E-state index contributed by atoms with van der Waals surface area (Å²) in [7, 11) is 0. The van der Waals surface area contributed by atoms with Crippen molar-refractivity contribution in [3.63, 3.8) is 0 Å². The third kappa shape index (κ3) is 3.76. The van der Waals surface area contributed by atoms with Crippen molar-refractivity contribution in [2.24, 2.45) is 0 Å². The highest BCUT2D eigenvalue weighted by Gasteiger charge is 2.17. The lowest BCUT2D eigenvalue weighted by molar-refractivity contribution is 0.101. The summed E-state index contributed by atoms with van der Waals surface area (Å²) >= 11 is 1.16. The van der Waals surface area contributed by atoms with E-state index in [4.69, 9.17) is 0 Å². The van der Waals surface area contributed by atoms with E-state index in [0.29, 0.717) is 17.5 Å². The van der Waals surface area contributed by atoms with Gasteiger partial charge in [-0.1, -0.05) is 42.1 Å². The van der Waals surface area contributed by atoms with Gasteiger partial charge in [0, 0.05) is 12.1 Å². The molecule has 0 atom stereocenters. The minimum absolute atomic E-state index is 0.0483. The van der Waals surface area contributed by atoms with Crippen LogP contribution in [0.5, 0.6) is 0 Å². The van der Waals surface area contributed by atoms with Gasteiger partial charge in [0.2, 0.25) is 0 Å². The van der Waals surface area contributed by atoms with E-state index in [1.54, 1.807) is 0 Å². The molecule has 0 amide bonds. The summed E-state index contributed by atoms with van der Waals surface area (Å²) in [4.78, 5) is 12.2. The Hall–Kier alpha value is -2.54. The zero-order valence-corrected chi connectivity index (χ0v) is 14.3. The topological polar surface area (TPSA) is 47.8 Å². The Morgan fingerprint density at radius 2 is 1.88 bits per heavy atom. The van der Waals surface area contributed by atoms with Gasteiger partial charge in [-0.15, -0.1) is 10.2 Å². The van der Waals surface area contributed by atoms with Crippen molar-refractivity contribution < 1.29 is 13.6 Å². The second kappa shape index (κ2) is 7.57. The Morgan fingerprint density at radius 1 is 1.12 bits per heavy atom. The summed E-state index contributed by atoms with van der Waals surface area (Å²) in [5.41, 5.74) is 0.671. The molecule has 0 saturated carbocycles. The van der Waals surface area contributed by atoms with Gasteiger partial charge in [-0.25, -0.2) is 8.78 Å². The summed E-state index contributed by atoms with van der Waals surface area (Å²) < 4.78 is 28.8. The Labute approximate surface area is 147 Å². The second-order valence-electron chi connectivity index (χ2n) is 5.25. The zero-order valence-electron chi connectivity index (χ0n) is 13.4. The van der Waals surface area contributed by atoms with Crippen molar-refractivity contribution in [1.29, 1.82) is 0 Å². The normalized spacial score (nSPS) is 10.8. The minimum atomic E-state index is -0.728. The van der Waals surface area contributed by atoms with Gasteiger partial charge in [0.25, 0.3) is 0 Å². The fraction of sp³-hybridized carbons (Fsp3) is 0.167. The molecular formula is C18H15F2N3OS. The van der Waals surface area contributed by atoms with Crippen LogP contribution in [0.15, 0.2) is 53.7 Å². The predicted octanol–water partition coefficient (Wildman–Crippen LogP) is 4.22. The van der Waals surface area contributed by atoms with E-state index in [2.05, 4.69) is 10.2 Å². The molecule has 0 unspecified atom stereocenters. The van der Waals surface area contributed by atoms with Crippen LogP contribution >= 0.6 is 11.8 Å². The van der Waals surface area contributed by atoms with Crippen LogP contribution < -0.4 is 0 Å². The number of benzene rings is 2. The fourth-order valence-electron chi connectivity index (χ4n) is 2.40. The lowest BCUT2D eigenvalue weighted by Gasteiger charge is -2.07. The molecule has 0 fully saturated rings. The molecule has 128 valence electrons. The molecule has 0 radical (unpaired) electrons. The van der Waals surface area contributed by atoms with Gasteiger partial charge in [0.05, 0.1) is 11.3 Å². The lowest BCUT2D eigenvalue weighted by atomic mass is 10.1. The second-order valence-corrected chi connectivity index (χ2v) is 6.19. The molecule has 0 aliphatic rings. The maximum absolute atomic E-state index is 13.7. The number of thioether (sulfide) groups is 1. The standard InChI is InChI=1S/C18H15F2N3OS/c1-2-23-17(12-6-4-3-5-7-12)21-22-18(23)25-11-16(24)14-10-13(19)8-9-15(14)20/h3-10H,2,11H2,1H3. The first-order chi connectivity index (χ1) is 12.1. The molecule has 25 heavy (non-hydrogen) atoms. The average Bonchev–Trinajstić information content (AvgIpc) is 3.05. The fourth-order valence-corrected chi connectivity index (χ4v) is 3.29. The predicted molar refractivity (Wildman–Crippen MR) is 92.5 cm³/mol. The first kappa shape index (κ1) is 17.3. The number of carbonyl (C=O) groups excluding carboxylic acids is 1. The van der Waals surface area contributed by atoms with Crippen molar-refractivity contribution in [3.8, 4) is 11.4 Å². The molecule has 0 saturated heterocycles. The van der Waals surface area contributed by atoms with E-state index in [1.165, 1.54) is 0 Å². The highest BCUT2D eigenvalue weighted by molar-refractivity contribution is 7.99. The largest absolute Gasteiger partial charge is 0.302 e. The van der Waals surface area contributed by atoms with Gasteiger partial charge in [-0.3, -0.25) is 4.79 Å². The maximum Gasteiger partial charge on any atom is 0.191 e. The Balaban J connectivity index is 1.79. The van der Waals surface area contributed by atoms with E-state index in [9.17, 15) is 13.6 Å². The van der Waals surface area contributed by atoms with Gasteiger partial charge in [-0.2, -0.15) is 0 Å². The van der Waals surface area contributed by atoms with E-state index in [0.717, 1.165) is 35.5 Å². The molecule has 2 aromatic carbocycles. The first-order valence-electron chi connectivity index (χ1n) is 7.69. The molecule has 0 aliphatic heterocycles. The SMILES string of the molecule is CCn1c(SCC(=O)c2cc(F)ccc2F)nnc1-c1ccccc1. The molecule has 3 aromatic rings. The van der Waals surface area contributed by atoms with E-state index >= 15 is 0 Å². The van der Waals surface area contributed by atoms with Crippen LogP contribution in [0.25, 0.3) is 11.4 Å². The molecule has 0 bridgehead atoms. The molecule has 7 heteroatoms. The van der Waals surface area contributed by atoms with Crippen LogP contribution in [0, 0.1) is 11.6 Å². The summed E-state index contributed by atoms with van der Waals surface area (Å²) in [5, 5.41) is 8.87. The number of hydrogen-bond acceptors (Lipinski definition) is 4. The van der Waals surface area contributed by atoms with Crippen molar-refractivity contribution >= 4 is 17.5 Å². The van der Waals surface area contributed by atoms with E-state index in [-0.39, 0.29) is 11.3 Å². The van der Waals surface area contributed by atoms with Crippen LogP contribution in [0.2, 0.25) is 0 Å². The Kier molecular flexibility index (Phi) is 5.23. The van der Waals surface area contributed by atoms with Gasteiger partial charge in [-0.05, 0) is 25.1 Å². The van der Waals surface area contributed by atoms with Crippen LogP contribution in [0.4, 0.5) is 8.78 Å². The van der Waals surface area contributed by atoms with Crippen LogP contribution in [-0.2, 0) is 6.54 Å². The molecule has 0 aliphatic carbocycles. The number of Topliss-reactive ketones (excluding diaryl/α,β-unsaturated/α-hetero) is 1. The monoisotopic (exact) mass is 359 g/mol. The molecule has 4 nitrogen and oxygen atoms in total. The number of carbonyl (C=O) groups is 1. The van der Waals surface area contributed by atoms with Crippen LogP contribution in [-0.4, -0.2) is 26.3 Å². The van der Waals surface area contributed by atoms with Crippen LogP contribution in [0.3, 0.4) is 0 Å². The molecule has 0 N–H and O–H groups in total. The molecule has 3 rings (SSSR count). The Morgan fingerprint density at radius 3 is 2.60 bits per heavy atom. The molecule has 0 spiro atoms. The average molecular weight is 359 g/mol. The Bertz CT molecular complexity index is 897. The summed E-state index contributed by atoms with van der Waals surface area (Å²) in [6.45, 7) is 2.58. The third-order valence-electron chi connectivity index (χ3n) is 3.63. The molecule has 1 aromatic heterocycles. The minimum Gasteiger partial charge on any atom is -0.302 e. The van der Waals surface area contributed by atoms with E-state index < -0.39 is 17.4 Å². The van der Waals surface area contributed by atoms with E-state index in [1.807, 2.05) is 41.8 Å². The highest BCUT2D eigenvalue weighted by Crippen LogP contribution is 2.24. The first-order valence-corrected chi connectivity index (χ1v) is 8.68. The quantitative estimate of drug-likeness (QED) is 0.488. The van der Waals surface area contributed by atoms with Gasteiger partial charge in [0.15, 0.2) is 16.8 Å². The van der Waals surface area contributed by atoms with Crippen molar-refractivity contribution in [2.75, 3.05) is 5.75 Å². The number of hydrogen-bond donors (Lipinski definition) is 0. The van der Waals surface area contributed by atoms with Crippen molar-refractivity contribution in [2.45, 2.75) is 18.6 Å². The zero-order chi connectivity index (χ0) is 17.8. The number of nitrogens with zero attached hydrogens (tertiary/aromatic N) is 3. The third-order valence-corrected chi connectivity index (χ3v) is 4.59. The summed E-state index contributed by atoms with van der Waals surface area (Å²) in [5.74, 6) is -1.21. The number of aromatic nitrogens is 3. The smallest absolute Gasteiger partial charge is 0.191 e. The summed E-state index contributed by atoms with van der Waals surface area (Å²) in [6, 6.07) is 12.4. The highest BCUT2D eigenvalue weighted by atomic mass is 32.2. The van der Waals surface area contributed by atoms with Gasteiger partial charge >= 0.3 is 0 Å². The molecular weight excluding hydrogens is 344 g/mol. The van der Waals surface area contributed by atoms with Crippen molar-refractivity contribution in [3.05, 3.63) is 65.7 Å². The maximum atomic E-state index is 13.7. The lowest BCUT2D eigenvalue weighted by Crippen LogP contribution is -2.07. The number of ketones is 1. The van der Waals surface area contributed by atoms with Crippen LogP contribution in [0.1, 0.15) is 17.3 Å². The van der Waals surface area contributed by atoms with Crippen molar-refractivity contribution in [1.82, 2.24) is 14.8 Å². The number of halogens is 2. The van der Waals surface area contributed by atoms with Gasteiger partial charge in [0.1, 0.15) is 11.6 Å².